The molecule has 0 saturated carbocycles. The Morgan fingerprint density at radius 2 is 1.37 bits per heavy atom. The highest BCUT2D eigenvalue weighted by molar-refractivity contribution is 8.33. The Morgan fingerprint density at radius 3 is 1.68 bits per heavy atom. The van der Waals surface area contributed by atoms with Crippen molar-refractivity contribution in [3.05, 3.63) is 36.5 Å². The van der Waals surface area contributed by atoms with Gasteiger partial charge >= 0.3 is 11.9 Å². The van der Waals surface area contributed by atoms with E-state index in [2.05, 4.69) is 13.2 Å². The summed E-state index contributed by atoms with van der Waals surface area (Å²) < 4.78 is 10.5. The zero-order valence-electron chi connectivity index (χ0n) is 11.4. The minimum Gasteiger partial charge on any atom is -0.453 e. The van der Waals surface area contributed by atoms with Crippen LogP contribution in [0.2, 0.25) is 0 Å². The van der Waals surface area contributed by atoms with E-state index < -0.39 is 22.0 Å². The molecular weight excluding hydrogens is 264 g/mol. The van der Waals surface area contributed by atoms with E-state index in [1.54, 1.807) is 13.8 Å². The number of ether oxygens (including phenoxy) is 2. The van der Waals surface area contributed by atoms with Crippen LogP contribution in [0.25, 0.3) is 0 Å². The van der Waals surface area contributed by atoms with Gasteiger partial charge in [0.1, 0.15) is 11.9 Å². The smallest absolute Gasteiger partial charge is 0.333 e. The van der Waals surface area contributed by atoms with Gasteiger partial charge in [-0.25, -0.2) is 9.59 Å². The van der Waals surface area contributed by atoms with Crippen molar-refractivity contribution in [1.82, 2.24) is 0 Å². The lowest BCUT2D eigenvalue weighted by atomic mass is 10.4. The molecule has 1 heterocycles. The highest BCUT2D eigenvalue weighted by Gasteiger charge is 2.29. The molecule has 0 aromatic carbocycles. The molecule has 0 radical (unpaired) electrons. The standard InChI is InChI=1S/C14H20O4S/c1-11(2)13(15)17-9-19(7-5-6-8-19)10-18-14(16)12(3)4/h5-6H,1,3,7-10H2,2,4H3. The summed E-state index contributed by atoms with van der Waals surface area (Å²) in [6.07, 6.45) is 4.08. The zero-order chi connectivity index (χ0) is 14.5. The average Bonchev–Trinajstić information content (AvgIpc) is 2.82. The molecule has 0 aromatic heterocycles. The van der Waals surface area contributed by atoms with Crippen molar-refractivity contribution in [3.8, 4) is 0 Å². The fourth-order valence-corrected chi connectivity index (χ4v) is 3.83. The molecule has 106 valence electrons. The zero-order valence-corrected chi connectivity index (χ0v) is 12.3. The number of esters is 2. The summed E-state index contributed by atoms with van der Waals surface area (Å²) in [6.45, 7) is 10.3. The van der Waals surface area contributed by atoms with Crippen molar-refractivity contribution in [1.29, 1.82) is 0 Å². The van der Waals surface area contributed by atoms with Crippen LogP contribution >= 0.6 is 10.0 Å². The van der Waals surface area contributed by atoms with Gasteiger partial charge in [-0.3, -0.25) is 0 Å². The van der Waals surface area contributed by atoms with Crippen molar-refractivity contribution in [3.63, 3.8) is 0 Å². The van der Waals surface area contributed by atoms with Crippen LogP contribution in [0.1, 0.15) is 13.8 Å². The Morgan fingerprint density at radius 1 is 1.00 bits per heavy atom. The number of hydrogen-bond donors (Lipinski definition) is 0. The molecular formula is C14H20O4S. The molecule has 0 unspecified atom stereocenters. The summed E-state index contributed by atoms with van der Waals surface area (Å²) in [6, 6.07) is 0. The first-order valence-electron chi connectivity index (χ1n) is 5.91. The lowest BCUT2D eigenvalue weighted by Gasteiger charge is -2.33. The molecule has 0 atom stereocenters. The monoisotopic (exact) mass is 284 g/mol. The van der Waals surface area contributed by atoms with Gasteiger partial charge in [0.15, 0.2) is 0 Å². The second-order valence-electron chi connectivity index (χ2n) is 4.69. The Balaban J connectivity index is 2.55. The molecule has 0 bridgehead atoms. The molecule has 0 fully saturated rings. The summed E-state index contributed by atoms with van der Waals surface area (Å²) >= 11 is 0. The van der Waals surface area contributed by atoms with Crippen LogP contribution in [0.5, 0.6) is 0 Å². The normalized spacial score (nSPS) is 17.6. The fourth-order valence-electron chi connectivity index (χ4n) is 1.44. The lowest BCUT2D eigenvalue weighted by molar-refractivity contribution is -0.136. The van der Waals surface area contributed by atoms with Gasteiger partial charge in [0.2, 0.25) is 0 Å². The van der Waals surface area contributed by atoms with Gasteiger partial charge in [-0.05, 0) is 13.8 Å². The van der Waals surface area contributed by atoms with Crippen LogP contribution in [-0.4, -0.2) is 35.3 Å². The van der Waals surface area contributed by atoms with Gasteiger partial charge in [0, 0.05) is 22.7 Å². The highest BCUT2D eigenvalue weighted by atomic mass is 32.3. The molecule has 0 N–H and O–H groups in total. The van der Waals surface area contributed by atoms with E-state index >= 15 is 0 Å². The average molecular weight is 284 g/mol. The molecule has 1 rings (SSSR count). The van der Waals surface area contributed by atoms with E-state index in [-0.39, 0.29) is 0 Å². The number of hydrogen-bond acceptors (Lipinski definition) is 4. The van der Waals surface area contributed by atoms with Crippen LogP contribution in [0.4, 0.5) is 0 Å². The number of carbonyl (C=O) groups is 2. The second-order valence-corrected chi connectivity index (χ2v) is 8.28. The van der Waals surface area contributed by atoms with Crippen molar-refractivity contribution in [2.24, 2.45) is 0 Å². The first-order valence-corrected chi connectivity index (χ1v) is 8.21. The largest absolute Gasteiger partial charge is 0.453 e. The van der Waals surface area contributed by atoms with Gasteiger partial charge in [-0.15, -0.1) is 0 Å². The van der Waals surface area contributed by atoms with Crippen molar-refractivity contribution < 1.29 is 19.1 Å². The molecule has 1 aliphatic heterocycles. The minimum absolute atomic E-state index is 0.301. The third-order valence-electron chi connectivity index (χ3n) is 2.64. The van der Waals surface area contributed by atoms with Crippen molar-refractivity contribution in [2.45, 2.75) is 13.8 Å². The van der Waals surface area contributed by atoms with Crippen molar-refractivity contribution in [2.75, 3.05) is 23.4 Å². The van der Waals surface area contributed by atoms with E-state index in [1.165, 1.54) is 0 Å². The van der Waals surface area contributed by atoms with Gasteiger partial charge in [-0.1, -0.05) is 25.3 Å². The van der Waals surface area contributed by atoms with Crippen LogP contribution in [-0.2, 0) is 19.1 Å². The maximum absolute atomic E-state index is 11.4. The van der Waals surface area contributed by atoms with Gasteiger partial charge < -0.3 is 9.47 Å². The van der Waals surface area contributed by atoms with E-state index in [0.29, 0.717) is 23.0 Å². The van der Waals surface area contributed by atoms with Crippen LogP contribution in [0.3, 0.4) is 0 Å². The van der Waals surface area contributed by atoms with E-state index in [1.807, 2.05) is 12.2 Å². The lowest BCUT2D eigenvalue weighted by Crippen LogP contribution is -2.21. The van der Waals surface area contributed by atoms with Gasteiger partial charge in [0.05, 0.1) is 0 Å². The molecule has 0 aromatic rings. The summed E-state index contributed by atoms with van der Waals surface area (Å²) in [5.74, 6) is 1.42. The van der Waals surface area contributed by atoms with Gasteiger partial charge in [-0.2, -0.15) is 10.0 Å². The quantitative estimate of drug-likeness (QED) is 0.427. The number of carbonyl (C=O) groups excluding carboxylic acids is 2. The summed E-state index contributed by atoms with van der Waals surface area (Å²) in [7, 11) is -1.30. The SMILES string of the molecule is C=C(C)C(=O)OCS1(COC(=O)C(=C)C)CC=CC1. The van der Waals surface area contributed by atoms with Crippen LogP contribution in [0, 0.1) is 0 Å². The maximum atomic E-state index is 11.4. The summed E-state index contributed by atoms with van der Waals surface area (Å²) in [5, 5.41) is 0. The highest BCUT2D eigenvalue weighted by Crippen LogP contribution is 2.51. The molecule has 5 heteroatoms. The van der Waals surface area contributed by atoms with E-state index in [4.69, 9.17) is 9.47 Å². The summed E-state index contributed by atoms with van der Waals surface area (Å²) in [5.41, 5.74) is 0.749. The minimum atomic E-state index is -1.30. The second kappa shape index (κ2) is 6.61. The maximum Gasteiger partial charge on any atom is 0.333 e. The summed E-state index contributed by atoms with van der Waals surface area (Å²) in [4.78, 5) is 22.9. The Bertz CT molecular complexity index is 397. The Hall–Kier alpha value is -1.49. The molecule has 0 amide bonds. The van der Waals surface area contributed by atoms with Crippen LogP contribution < -0.4 is 0 Å². The fraction of sp³-hybridized carbons (Fsp3) is 0.429. The third kappa shape index (κ3) is 4.59. The molecule has 1 aliphatic rings. The molecule has 0 aliphatic carbocycles. The van der Waals surface area contributed by atoms with Crippen molar-refractivity contribution >= 4 is 22.0 Å². The third-order valence-corrected chi connectivity index (χ3v) is 5.68. The van der Waals surface area contributed by atoms with Crippen LogP contribution in [0.15, 0.2) is 36.5 Å². The predicted molar refractivity (Wildman–Crippen MR) is 78.0 cm³/mol. The molecule has 0 saturated heterocycles. The number of rotatable bonds is 6. The molecule has 4 nitrogen and oxygen atoms in total. The van der Waals surface area contributed by atoms with E-state index in [9.17, 15) is 9.59 Å². The topological polar surface area (TPSA) is 52.6 Å². The molecule has 0 spiro atoms. The predicted octanol–water partition coefficient (Wildman–Crippen LogP) is 2.51. The van der Waals surface area contributed by atoms with Gasteiger partial charge in [0.25, 0.3) is 0 Å². The Kier molecular flexibility index (Phi) is 5.42. The first kappa shape index (κ1) is 15.6. The van der Waals surface area contributed by atoms with E-state index in [0.717, 1.165) is 11.5 Å². The first-order chi connectivity index (χ1) is 8.86. The Labute approximate surface area is 115 Å². The molecule has 19 heavy (non-hydrogen) atoms.